The first-order chi connectivity index (χ1) is 13.6. The molecule has 1 saturated heterocycles. The van der Waals surface area contributed by atoms with E-state index in [9.17, 15) is 9.59 Å². The van der Waals surface area contributed by atoms with Gasteiger partial charge in [0.25, 0.3) is 5.91 Å². The Labute approximate surface area is 174 Å². The Balaban J connectivity index is 1.58. The molecule has 1 N–H and O–H groups in total. The summed E-state index contributed by atoms with van der Waals surface area (Å²) < 4.78 is 5.47. The molecule has 0 atom stereocenters. The van der Waals surface area contributed by atoms with Crippen molar-refractivity contribution in [3.8, 4) is 5.75 Å². The van der Waals surface area contributed by atoms with E-state index in [4.69, 9.17) is 4.74 Å². The highest BCUT2D eigenvalue weighted by molar-refractivity contribution is 6.07. The second kappa shape index (κ2) is 8.34. The van der Waals surface area contributed by atoms with Gasteiger partial charge in [-0.25, -0.2) is 9.69 Å². The fraction of sp³-hybridized carbons (Fsp3) is 0.652. The molecule has 160 valence electrons. The number of ether oxygens (including phenoxy) is 1. The number of carbonyl (C=O) groups excluding carboxylic acids is 2. The molecule has 1 aromatic rings. The first-order valence-electron chi connectivity index (χ1n) is 10.7. The first kappa shape index (κ1) is 21.6. The number of benzene rings is 1. The van der Waals surface area contributed by atoms with Crippen molar-refractivity contribution in [2.45, 2.75) is 65.5 Å². The molecule has 1 spiro atoms. The van der Waals surface area contributed by atoms with E-state index in [-0.39, 0.29) is 17.4 Å². The molecule has 1 aliphatic heterocycles. The molecule has 1 aliphatic carbocycles. The van der Waals surface area contributed by atoms with Crippen molar-refractivity contribution >= 4 is 11.9 Å². The molecule has 3 rings (SSSR count). The van der Waals surface area contributed by atoms with Crippen LogP contribution in [0.1, 0.15) is 58.9 Å². The number of hydrogen-bond donors (Lipinski definition) is 1. The zero-order valence-electron chi connectivity index (χ0n) is 18.5. The largest absolute Gasteiger partial charge is 0.494 e. The second-order valence-electron chi connectivity index (χ2n) is 9.62. The topological polar surface area (TPSA) is 61.9 Å². The van der Waals surface area contributed by atoms with Gasteiger partial charge in [-0.1, -0.05) is 32.9 Å². The van der Waals surface area contributed by atoms with Gasteiger partial charge in [0.1, 0.15) is 11.3 Å². The van der Waals surface area contributed by atoms with Crippen molar-refractivity contribution in [3.63, 3.8) is 0 Å². The Morgan fingerprint density at radius 3 is 2.34 bits per heavy atom. The Hall–Kier alpha value is -2.08. The fourth-order valence-corrected chi connectivity index (χ4v) is 4.58. The number of amides is 3. The van der Waals surface area contributed by atoms with Crippen molar-refractivity contribution in [1.29, 1.82) is 0 Å². The molecule has 2 aliphatic rings. The predicted octanol–water partition coefficient (Wildman–Crippen LogP) is 4.00. The van der Waals surface area contributed by atoms with Gasteiger partial charge >= 0.3 is 6.03 Å². The fourth-order valence-electron chi connectivity index (χ4n) is 4.58. The first-order valence-corrected chi connectivity index (χ1v) is 10.7. The SMILES string of the molecule is CCOc1ccc(CN(C)CN2C(=O)NC3(CCC(C(C)(C)C)CC3)C2=O)cc1. The molecule has 0 bridgehead atoms. The molecular weight excluding hydrogens is 366 g/mol. The van der Waals surface area contributed by atoms with Crippen LogP contribution in [-0.4, -0.2) is 47.6 Å². The van der Waals surface area contributed by atoms with Gasteiger partial charge in [-0.3, -0.25) is 9.69 Å². The van der Waals surface area contributed by atoms with E-state index < -0.39 is 5.54 Å². The number of carbonyl (C=O) groups is 2. The van der Waals surface area contributed by atoms with Crippen LogP contribution >= 0.6 is 0 Å². The highest BCUT2D eigenvalue weighted by Gasteiger charge is 2.53. The number of imide groups is 1. The van der Waals surface area contributed by atoms with Crippen LogP contribution in [-0.2, 0) is 11.3 Å². The molecule has 29 heavy (non-hydrogen) atoms. The molecule has 2 fully saturated rings. The van der Waals surface area contributed by atoms with Gasteiger partial charge in [-0.2, -0.15) is 0 Å². The maximum absolute atomic E-state index is 13.2. The summed E-state index contributed by atoms with van der Waals surface area (Å²) in [4.78, 5) is 29.1. The predicted molar refractivity (Wildman–Crippen MR) is 113 cm³/mol. The van der Waals surface area contributed by atoms with Gasteiger partial charge < -0.3 is 10.1 Å². The smallest absolute Gasteiger partial charge is 0.326 e. The molecule has 0 aromatic heterocycles. The average Bonchev–Trinajstić information content (AvgIpc) is 2.87. The summed E-state index contributed by atoms with van der Waals surface area (Å²) in [6, 6.07) is 7.67. The summed E-state index contributed by atoms with van der Waals surface area (Å²) in [6.07, 6.45) is 3.42. The Morgan fingerprint density at radius 1 is 1.17 bits per heavy atom. The summed E-state index contributed by atoms with van der Waals surface area (Å²) in [5.41, 5.74) is 0.660. The van der Waals surface area contributed by atoms with E-state index in [0.717, 1.165) is 37.0 Å². The Kier molecular flexibility index (Phi) is 6.22. The zero-order chi connectivity index (χ0) is 21.2. The standard InChI is InChI=1S/C23H35N3O3/c1-6-29-19-9-7-17(8-10-19)15-25(5)16-26-20(27)23(24-21(26)28)13-11-18(12-14-23)22(2,3)4/h7-10,18H,6,11-16H2,1-5H3,(H,24,28). The summed E-state index contributed by atoms with van der Waals surface area (Å²) in [7, 11) is 1.93. The van der Waals surface area contributed by atoms with Crippen molar-refractivity contribution in [3.05, 3.63) is 29.8 Å². The second-order valence-corrected chi connectivity index (χ2v) is 9.62. The molecule has 6 heteroatoms. The third-order valence-corrected chi connectivity index (χ3v) is 6.38. The number of rotatable bonds is 6. The molecule has 0 unspecified atom stereocenters. The Morgan fingerprint density at radius 2 is 1.79 bits per heavy atom. The third-order valence-electron chi connectivity index (χ3n) is 6.38. The van der Waals surface area contributed by atoms with Crippen LogP contribution in [0.4, 0.5) is 4.79 Å². The minimum Gasteiger partial charge on any atom is -0.494 e. The van der Waals surface area contributed by atoms with Gasteiger partial charge in [0, 0.05) is 6.54 Å². The van der Waals surface area contributed by atoms with Gasteiger partial charge in [0.05, 0.1) is 13.3 Å². The van der Waals surface area contributed by atoms with E-state index >= 15 is 0 Å². The van der Waals surface area contributed by atoms with Gasteiger partial charge in [0.2, 0.25) is 0 Å². The van der Waals surface area contributed by atoms with E-state index in [0.29, 0.717) is 25.7 Å². The summed E-state index contributed by atoms with van der Waals surface area (Å²) >= 11 is 0. The van der Waals surface area contributed by atoms with Crippen molar-refractivity contribution < 1.29 is 14.3 Å². The molecule has 1 saturated carbocycles. The molecule has 6 nitrogen and oxygen atoms in total. The van der Waals surface area contributed by atoms with Crippen LogP contribution in [0.5, 0.6) is 5.75 Å². The van der Waals surface area contributed by atoms with Gasteiger partial charge in [-0.05, 0) is 68.7 Å². The van der Waals surface area contributed by atoms with Crippen LogP contribution < -0.4 is 10.1 Å². The van der Waals surface area contributed by atoms with E-state index in [1.807, 2.05) is 43.1 Å². The highest BCUT2D eigenvalue weighted by atomic mass is 16.5. The van der Waals surface area contributed by atoms with Gasteiger partial charge in [-0.15, -0.1) is 0 Å². The van der Waals surface area contributed by atoms with Crippen LogP contribution in [0.15, 0.2) is 24.3 Å². The van der Waals surface area contributed by atoms with Crippen LogP contribution in [0, 0.1) is 11.3 Å². The molecular formula is C23H35N3O3. The third kappa shape index (κ3) is 4.74. The number of nitrogens with one attached hydrogen (secondary N) is 1. The lowest BCUT2D eigenvalue weighted by Crippen LogP contribution is -2.51. The molecule has 0 radical (unpaired) electrons. The lowest BCUT2D eigenvalue weighted by molar-refractivity contribution is -0.134. The highest BCUT2D eigenvalue weighted by Crippen LogP contribution is 2.43. The molecule has 1 aromatic carbocycles. The quantitative estimate of drug-likeness (QED) is 0.732. The van der Waals surface area contributed by atoms with E-state index in [1.165, 1.54) is 4.90 Å². The summed E-state index contributed by atoms with van der Waals surface area (Å²) in [6.45, 7) is 10.3. The lowest BCUT2D eigenvalue weighted by atomic mass is 9.67. The zero-order valence-corrected chi connectivity index (χ0v) is 18.5. The van der Waals surface area contributed by atoms with Gasteiger partial charge in [0.15, 0.2) is 0 Å². The van der Waals surface area contributed by atoms with Crippen LogP contribution in [0.3, 0.4) is 0 Å². The van der Waals surface area contributed by atoms with Crippen LogP contribution in [0.2, 0.25) is 0 Å². The average molecular weight is 402 g/mol. The number of hydrogen-bond acceptors (Lipinski definition) is 4. The minimum absolute atomic E-state index is 0.0617. The molecule has 3 amide bonds. The number of nitrogens with zero attached hydrogens (tertiary/aromatic N) is 2. The lowest BCUT2D eigenvalue weighted by Gasteiger charge is -2.40. The van der Waals surface area contributed by atoms with Crippen molar-refractivity contribution in [1.82, 2.24) is 15.1 Å². The van der Waals surface area contributed by atoms with E-state index in [2.05, 4.69) is 26.1 Å². The van der Waals surface area contributed by atoms with Crippen molar-refractivity contribution in [2.24, 2.45) is 11.3 Å². The maximum Gasteiger partial charge on any atom is 0.326 e. The number of urea groups is 1. The van der Waals surface area contributed by atoms with Crippen LogP contribution in [0.25, 0.3) is 0 Å². The van der Waals surface area contributed by atoms with E-state index in [1.54, 1.807) is 0 Å². The monoisotopic (exact) mass is 401 g/mol. The minimum atomic E-state index is -0.696. The van der Waals surface area contributed by atoms with Crippen molar-refractivity contribution in [2.75, 3.05) is 20.3 Å². The maximum atomic E-state index is 13.2. The summed E-state index contributed by atoms with van der Waals surface area (Å²) in [5.74, 6) is 1.38. The summed E-state index contributed by atoms with van der Waals surface area (Å²) in [5, 5.41) is 3.03. The Bertz CT molecular complexity index is 731. The molecule has 1 heterocycles. The normalized spacial score (nSPS) is 25.0.